The van der Waals surface area contributed by atoms with E-state index in [2.05, 4.69) is 30.0 Å². The zero-order valence-electron chi connectivity index (χ0n) is 22.3. The molecule has 3 atom stereocenters. The normalized spacial score (nSPS) is 14.9. The van der Waals surface area contributed by atoms with E-state index in [0.717, 1.165) is 5.56 Å². The summed E-state index contributed by atoms with van der Waals surface area (Å²) in [5.74, 6) is -0.221. The van der Waals surface area contributed by atoms with Crippen LogP contribution < -0.4 is 15.9 Å². The summed E-state index contributed by atoms with van der Waals surface area (Å²) in [7, 11) is -3.52. The molecule has 0 aliphatic carbocycles. The molecule has 0 amide bonds. The maximum Gasteiger partial charge on any atom is 0.326 e. The molecule has 0 saturated carbocycles. The largest absolute Gasteiger partial charge is 0.464 e. The molecule has 0 fully saturated rings. The molecular weight excluding hydrogens is 507 g/mol. The Hall–Kier alpha value is -3.36. The van der Waals surface area contributed by atoms with Crippen LogP contribution in [-0.4, -0.2) is 50.1 Å². The van der Waals surface area contributed by atoms with Crippen molar-refractivity contribution >= 4 is 36.1 Å². The summed E-state index contributed by atoms with van der Waals surface area (Å²) in [4.78, 5) is 28.6. The minimum absolute atomic E-state index is 0.202. The van der Waals surface area contributed by atoms with Gasteiger partial charge in [0.1, 0.15) is 23.7 Å². The minimum atomic E-state index is -3.52. The van der Waals surface area contributed by atoms with Crippen molar-refractivity contribution in [3.05, 3.63) is 53.9 Å². The molecule has 1 aromatic carbocycles. The van der Waals surface area contributed by atoms with Crippen molar-refractivity contribution < 1.29 is 18.8 Å². The van der Waals surface area contributed by atoms with E-state index in [9.17, 15) is 9.36 Å². The van der Waals surface area contributed by atoms with Crippen molar-refractivity contribution in [3.8, 4) is 0 Å². The second-order valence-corrected chi connectivity index (χ2v) is 11.8. The SMILES string of the molecule is [C-]#[N+]c1ccc([C@@H](C)N[P@@](=O)(CO[C@H](C)Cn2cnc3c(N)ncnc32)NC(C)(C)C(=O)OCCC)cc1. The molecule has 4 N–H and O–H groups in total. The molecule has 3 rings (SSSR count). The summed E-state index contributed by atoms with van der Waals surface area (Å²) in [6.45, 7) is 16.6. The second kappa shape index (κ2) is 12.5. The van der Waals surface area contributed by atoms with Crippen molar-refractivity contribution in [2.75, 3.05) is 18.7 Å². The molecule has 204 valence electrons. The molecule has 0 saturated heterocycles. The third-order valence-electron chi connectivity index (χ3n) is 5.76. The Kier molecular flexibility index (Phi) is 9.57. The number of benzene rings is 1. The predicted molar refractivity (Wildman–Crippen MR) is 145 cm³/mol. The number of nitrogens with two attached hydrogens (primary N) is 1. The fourth-order valence-corrected chi connectivity index (χ4v) is 6.23. The van der Waals surface area contributed by atoms with Crippen molar-refractivity contribution in [3.63, 3.8) is 0 Å². The van der Waals surface area contributed by atoms with Crippen LogP contribution in [0.25, 0.3) is 16.0 Å². The van der Waals surface area contributed by atoms with E-state index in [4.69, 9.17) is 21.8 Å². The zero-order chi connectivity index (χ0) is 27.9. The van der Waals surface area contributed by atoms with Crippen LogP contribution in [0.15, 0.2) is 36.9 Å². The number of nitrogens with zero attached hydrogens (tertiary/aromatic N) is 5. The van der Waals surface area contributed by atoms with Gasteiger partial charge in [0.15, 0.2) is 17.2 Å². The first-order valence-corrected chi connectivity index (χ1v) is 14.2. The Bertz CT molecular complexity index is 1340. The lowest BCUT2D eigenvalue weighted by molar-refractivity contribution is -0.149. The van der Waals surface area contributed by atoms with Crippen molar-refractivity contribution in [1.82, 2.24) is 29.7 Å². The number of fused-ring (bicyclic) bond motifs is 1. The molecular formula is C25H35N8O4P. The quantitative estimate of drug-likeness (QED) is 0.163. The first-order chi connectivity index (χ1) is 18.0. The minimum Gasteiger partial charge on any atom is -0.464 e. The van der Waals surface area contributed by atoms with Crippen LogP contribution >= 0.6 is 7.44 Å². The Balaban J connectivity index is 1.77. The lowest BCUT2D eigenvalue weighted by Crippen LogP contribution is -2.49. The molecule has 3 aromatic rings. The van der Waals surface area contributed by atoms with Gasteiger partial charge in [0, 0.05) is 6.04 Å². The van der Waals surface area contributed by atoms with Crippen LogP contribution in [0, 0.1) is 6.57 Å². The fraction of sp³-hybridized carbons (Fsp3) is 0.480. The van der Waals surface area contributed by atoms with Crippen LogP contribution in [0.4, 0.5) is 11.5 Å². The topological polar surface area (TPSA) is 151 Å². The van der Waals surface area contributed by atoms with Gasteiger partial charge in [0.2, 0.25) is 7.44 Å². The average Bonchev–Trinajstić information content (AvgIpc) is 3.29. The zero-order valence-corrected chi connectivity index (χ0v) is 23.2. The van der Waals surface area contributed by atoms with Crippen LogP contribution in [0.1, 0.15) is 52.6 Å². The van der Waals surface area contributed by atoms with E-state index in [-0.39, 0.29) is 30.9 Å². The van der Waals surface area contributed by atoms with Gasteiger partial charge in [-0.2, -0.15) is 0 Å². The Morgan fingerprint density at radius 2 is 1.95 bits per heavy atom. The summed E-state index contributed by atoms with van der Waals surface area (Å²) < 4.78 is 27.4. The molecule has 0 bridgehead atoms. The van der Waals surface area contributed by atoms with E-state index in [1.165, 1.54) is 6.33 Å². The number of hydrogen-bond donors (Lipinski definition) is 3. The Morgan fingerprint density at radius 1 is 1.24 bits per heavy atom. The maximum absolute atomic E-state index is 14.2. The van der Waals surface area contributed by atoms with Gasteiger partial charge in [0.05, 0.1) is 32.2 Å². The molecule has 0 aliphatic rings. The van der Waals surface area contributed by atoms with Gasteiger partial charge in [-0.3, -0.25) is 9.36 Å². The second-order valence-electron chi connectivity index (χ2n) is 9.60. The highest BCUT2D eigenvalue weighted by Crippen LogP contribution is 2.42. The molecule has 0 aliphatic heterocycles. The molecule has 13 heteroatoms. The Morgan fingerprint density at radius 3 is 2.61 bits per heavy atom. The average molecular weight is 543 g/mol. The lowest BCUT2D eigenvalue weighted by Gasteiger charge is -2.33. The van der Waals surface area contributed by atoms with Gasteiger partial charge in [-0.1, -0.05) is 31.2 Å². The highest BCUT2D eigenvalue weighted by Gasteiger charge is 2.38. The van der Waals surface area contributed by atoms with Gasteiger partial charge >= 0.3 is 5.97 Å². The third-order valence-corrected chi connectivity index (χ3v) is 7.99. The van der Waals surface area contributed by atoms with E-state index in [0.29, 0.717) is 29.8 Å². The molecule has 2 aromatic heterocycles. The number of imidazole rings is 1. The number of hydrogen-bond acceptors (Lipinski definition) is 8. The van der Waals surface area contributed by atoms with E-state index < -0.39 is 19.0 Å². The fourth-order valence-electron chi connectivity index (χ4n) is 3.79. The summed E-state index contributed by atoms with van der Waals surface area (Å²) in [6, 6.07) is 6.64. The smallest absolute Gasteiger partial charge is 0.326 e. The summed E-state index contributed by atoms with van der Waals surface area (Å²) >= 11 is 0. The number of carbonyl (C=O) groups excluding carboxylic acids is 1. The predicted octanol–water partition coefficient (Wildman–Crippen LogP) is 4.19. The van der Waals surface area contributed by atoms with Crippen molar-refractivity contribution in [2.24, 2.45) is 0 Å². The van der Waals surface area contributed by atoms with E-state index in [1.807, 2.05) is 20.8 Å². The highest BCUT2D eigenvalue weighted by molar-refractivity contribution is 7.59. The van der Waals surface area contributed by atoms with Gasteiger partial charge in [-0.15, -0.1) is 0 Å². The molecule has 0 radical (unpaired) electrons. The summed E-state index contributed by atoms with van der Waals surface area (Å²) in [5.41, 5.74) is 7.05. The number of aromatic nitrogens is 4. The third kappa shape index (κ3) is 7.36. The number of nitrogen functional groups attached to an aromatic ring is 1. The summed E-state index contributed by atoms with van der Waals surface area (Å²) in [6.07, 6.45) is 3.06. The Labute approximate surface area is 222 Å². The monoisotopic (exact) mass is 542 g/mol. The van der Waals surface area contributed by atoms with Gasteiger partial charge in [-0.05, 0) is 39.7 Å². The van der Waals surface area contributed by atoms with Crippen LogP contribution in [0.3, 0.4) is 0 Å². The van der Waals surface area contributed by atoms with Crippen molar-refractivity contribution in [1.29, 1.82) is 0 Å². The molecule has 38 heavy (non-hydrogen) atoms. The van der Waals surface area contributed by atoms with Crippen LogP contribution in [0.5, 0.6) is 0 Å². The van der Waals surface area contributed by atoms with Crippen LogP contribution in [-0.2, 0) is 25.4 Å². The van der Waals surface area contributed by atoms with Gasteiger partial charge < -0.3 is 19.8 Å². The highest BCUT2D eigenvalue weighted by atomic mass is 31.2. The number of nitrogens with one attached hydrogen (secondary N) is 2. The molecule has 0 spiro atoms. The van der Waals surface area contributed by atoms with E-state index in [1.54, 1.807) is 49.0 Å². The van der Waals surface area contributed by atoms with Crippen LogP contribution in [0.2, 0.25) is 0 Å². The molecule has 12 nitrogen and oxygen atoms in total. The van der Waals surface area contributed by atoms with Gasteiger partial charge in [0.25, 0.3) is 0 Å². The summed E-state index contributed by atoms with van der Waals surface area (Å²) in [5, 5.41) is 6.14. The number of ether oxygens (including phenoxy) is 2. The van der Waals surface area contributed by atoms with E-state index >= 15 is 0 Å². The number of esters is 1. The number of carbonyl (C=O) groups is 1. The molecule has 0 unspecified atom stereocenters. The standard InChI is InChI=1S/C25H35N8O4P/c1-7-12-36-24(34)25(4,5)32-38(35,31-18(3)19-8-10-20(27-6)11-9-19)16-37-17(2)13-33-15-30-21-22(26)28-14-29-23(21)33/h8-11,14-15,17-18H,7,12-13,16H2,1-5H3,(H2,26,28,29)(H2,31,32,35)/t17-,18-,38+/m1/s1. The lowest BCUT2D eigenvalue weighted by atomic mass is 10.1. The van der Waals surface area contributed by atoms with Gasteiger partial charge in [-0.25, -0.2) is 30.0 Å². The first kappa shape index (κ1) is 29.2. The maximum atomic E-state index is 14.2. The number of anilines is 1. The van der Waals surface area contributed by atoms with Crippen molar-refractivity contribution in [2.45, 2.75) is 65.3 Å². The molecule has 2 heterocycles. The number of rotatable bonds is 13. The first-order valence-electron chi connectivity index (χ1n) is 12.3.